The first-order valence-corrected chi connectivity index (χ1v) is 8.11. The maximum Gasteiger partial charge on any atom is 0.137 e. The highest BCUT2D eigenvalue weighted by Gasteiger charge is 2.48. The number of hydrogen-bond donors (Lipinski definition) is 2. The van der Waals surface area contributed by atoms with Gasteiger partial charge >= 0.3 is 0 Å². The van der Waals surface area contributed by atoms with Crippen molar-refractivity contribution in [3.05, 3.63) is 35.6 Å². The number of nitrogens with zero attached hydrogens (tertiary/aromatic N) is 1. The molecule has 0 aliphatic carbocycles. The Kier molecular flexibility index (Phi) is 5.23. The fourth-order valence-electron chi connectivity index (χ4n) is 3.51. The lowest BCUT2D eigenvalue weighted by Gasteiger charge is -2.51. The van der Waals surface area contributed by atoms with Crippen molar-refractivity contribution in [2.75, 3.05) is 19.6 Å². The summed E-state index contributed by atoms with van der Waals surface area (Å²) in [6.45, 7) is 8.14. The lowest BCUT2D eigenvalue weighted by Crippen LogP contribution is -2.56. The van der Waals surface area contributed by atoms with E-state index in [1.807, 2.05) is 20.8 Å². The van der Waals surface area contributed by atoms with Gasteiger partial charge in [0, 0.05) is 25.0 Å². The Morgan fingerprint density at radius 3 is 2.52 bits per heavy atom. The Morgan fingerprint density at radius 2 is 2.00 bits per heavy atom. The third-order valence-electron chi connectivity index (χ3n) is 5.21. The number of carbonyl (C=O) groups is 1. The Bertz CT molecular complexity index is 546. The fourth-order valence-corrected chi connectivity index (χ4v) is 3.51. The standard InChI is InChI=1S/C18H27FN2O2/c1-13(16(20)11-22)10-21-9-8-18(23,17(2,3)12-21)14-4-6-15(19)7-5-14/h4-7,11,13,16,23H,8-10,12,20H2,1-3H3. The minimum absolute atomic E-state index is 0.0697. The number of benzene rings is 1. The van der Waals surface area contributed by atoms with Crippen LogP contribution in [0, 0.1) is 17.2 Å². The topological polar surface area (TPSA) is 66.6 Å². The Hall–Kier alpha value is -1.30. The van der Waals surface area contributed by atoms with Gasteiger partial charge in [0.1, 0.15) is 12.1 Å². The van der Waals surface area contributed by atoms with Gasteiger partial charge in [-0.3, -0.25) is 0 Å². The zero-order valence-electron chi connectivity index (χ0n) is 14.1. The van der Waals surface area contributed by atoms with E-state index in [2.05, 4.69) is 4.90 Å². The molecule has 2 rings (SSSR count). The third-order valence-corrected chi connectivity index (χ3v) is 5.21. The molecule has 1 heterocycles. The highest BCUT2D eigenvalue weighted by molar-refractivity contribution is 5.57. The lowest BCUT2D eigenvalue weighted by molar-refractivity contribution is -0.128. The molecular weight excluding hydrogens is 295 g/mol. The predicted octanol–water partition coefficient (Wildman–Crippen LogP) is 1.91. The van der Waals surface area contributed by atoms with Crippen molar-refractivity contribution >= 4 is 6.29 Å². The SMILES string of the molecule is CC(CN1CCC(O)(c2ccc(F)cc2)C(C)(C)C1)C(N)C=O. The molecule has 3 unspecified atom stereocenters. The number of halogens is 1. The molecule has 128 valence electrons. The first-order chi connectivity index (χ1) is 10.7. The summed E-state index contributed by atoms with van der Waals surface area (Å²) in [4.78, 5) is 13.1. The van der Waals surface area contributed by atoms with Gasteiger partial charge in [-0.1, -0.05) is 32.9 Å². The maximum absolute atomic E-state index is 13.2. The van der Waals surface area contributed by atoms with Gasteiger partial charge in [0.2, 0.25) is 0 Å². The molecule has 3 N–H and O–H groups in total. The molecule has 1 aliphatic heterocycles. The average Bonchev–Trinajstić information content (AvgIpc) is 2.50. The van der Waals surface area contributed by atoms with Gasteiger partial charge in [-0.05, 0) is 30.0 Å². The highest BCUT2D eigenvalue weighted by atomic mass is 19.1. The van der Waals surface area contributed by atoms with Crippen molar-refractivity contribution in [3.63, 3.8) is 0 Å². The monoisotopic (exact) mass is 322 g/mol. The molecule has 1 fully saturated rings. The molecule has 3 atom stereocenters. The van der Waals surface area contributed by atoms with Crippen LogP contribution in [0.5, 0.6) is 0 Å². The first-order valence-electron chi connectivity index (χ1n) is 8.11. The van der Waals surface area contributed by atoms with E-state index in [0.29, 0.717) is 19.5 Å². The molecule has 23 heavy (non-hydrogen) atoms. The third kappa shape index (κ3) is 3.62. The number of rotatable bonds is 5. The largest absolute Gasteiger partial charge is 0.385 e. The molecule has 1 aromatic rings. The zero-order valence-corrected chi connectivity index (χ0v) is 14.1. The molecule has 1 aromatic carbocycles. The Balaban J connectivity index is 2.13. The second kappa shape index (κ2) is 6.67. The molecular formula is C18H27FN2O2. The summed E-state index contributed by atoms with van der Waals surface area (Å²) in [6.07, 6.45) is 1.35. The molecule has 0 spiro atoms. The van der Waals surface area contributed by atoms with Crippen molar-refractivity contribution < 1.29 is 14.3 Å². The molecule has 0 amide bonds. The van der Waals surface area contributed by atoms with Gasteiger partial charge in [-0.15, -0.1) is 0 Å². The van der Waals surface area contributed by atoms with E-state index in [1.54, 1.807) is 12.1 Å². The van der Waals surface area contributed by atoms with Gasteiger partial charge < -0.3 is 20.5 Å². The van der Waals surface area contributed by atoms with E-state index < -0.39 is 17.1 Å². The first kappa shape index (κ1) is 18.0. The van der Waals surface area contributed by atoms with Crippen LogP contribution >= 0.6 is 0 Å². The van der Waals surface area contributed by atoms with E-state index in [0.717, 1.165) is 18.4 Å². The smallest absolute Gasteiger partial charge is 0.137 e. The van der Waals surface area contributed by atoms with Crippen molar-refractivity contribution in [2.45, 2.75) is 38.8 Å². The molecule has 0 saturated carbocycles. The second-order valence-corrected chi connectivity index (χ2v) is 7.43. The number of nitrogens with two attached hydrogens (primary N) is 1. The maximum atomic E-state index is 13.2. The molecule has 4 nitrogen and oxygen atoms in total. The van der Waals surface area contributed by atoms with E-state index >= 15 is 0 Å². The summed E-state index contributed by atoms with van der Waals surface area (Å²) >= 11 is 0. The Labute approximate surface area is 137 Å². The van der Waals surface area contributed by atoms with Gasteiger partial charge in [0.15, 0.2) is 0 Å². The van der Waals surface area contributed by atoms with Crippen LogP contribution in [0.4, 0.5) is 4.39 Å². The summed E-state index contributed by atoms with van der Waals surface area (Å²) in [5, 5.41) is 11.2. The van der Waals surface area contributed by atoms with Crippen LogP contribution in [0.3, 0.4) is 0 Å². The molecule has 0 bridgehead atoms. The van der Waals surface area contributed by atoms with Crippen LogP contribution in [-0.2, 0) is 10.4 Å². The van der Waals surface area contributed by atoms with Crippen LogP contribution in [0.1, 0.15) is 32.8 Å². The zero-order chi connectivity index (χ0) is 17.3. The number of carbonyl (C=O) groups excluding carboxylic acids is 1. The number of hydrogen-bond acceptors (Lipinski definition) is 4. The van der Waals surface area contributed by atoms with Crippen molar-refractivity contribution in [1.29, 1.82) is 0 Å². The van der Waals surface area contributed by atoms with Crippen LogP contribution in [0.15, 0.2) is 24.3 Å². The molecule has 1 saturated heterocycles. The van der Waals surface area contributed by atoms with E-state index in [-0.39, 0.29) is 11.7 Å². The summed E-state index contributed by atoms with van der Waals surface area (Å²) in [6, 6.07) is 5.65. The van der Waals surface area contributed by atoms with Crippen LogP contribution < -0.4 is 5.73 Å². The summed E-state index contributed by atoms with van der Waals surface area (Å²) in [7, 11) is 0. The fraction of sp³-hybridized carbons (Fsp3) is 0.611. The Morgan fingerprint density at radius 1 is 1.39 bits per heavy atom. The van der Waals surface area contributed by atoms with Crippen LogP contribution in [0.2, 0.25) is 0 Å². The normalized spacial score (nSPS) is 27.4. The van der Waals surface area contributed by atoms with Crippen molar-refractivity contribution in [2.24, 2.45) is 17.1 Å². The number of aliphatic hydroxyl groups is 1. The van der Waals surface area contributed by atoms with Gasteiger partial charge in [-0.25, -0.2) is 4.39 Å². The minimum Gasteiger partial charge on any atom is -0.385 e. The number of likely N-dealkylation sites (tertiary alicyclic amines) is 1. The number of piperidine rings is 1. The van der Waals surface area contributed by atoms with Crippen LogP contribution in [-0.4, -0.2) is 42.0 Å². The van der Waals surface area contributed by atoms with Gasteiger partial charge in [0.05, 0.1) is 11.6 Å². The lowest BCUT2D eigenvalue weighted by atomic mass is 9.66. The van der Waals surface area contributed by atoms with Crippen LogP contribution in [0.25, 0.3) is 0 Å². The van der Waals surface area contributed by atoms with Crippen molar-refractivity contribution in [3.8, 4) is 0 Å². The molecule has 5 heteroatoms. The minimum atomic E-state index is -0.993. The summed E-state index contributed by atoms with van der Waals surface area (Å²) in [5.41, 5.74) is 5.14. The van der Waals surface area contributed by atoms with Crippen molar-refractivity contribution in [1.82, 2.24) is 4.90 Å². The van der Waals surface area contributed by atoms with Gasteiger partial charge in [0.25, 0.3) is 0 Å². The average molecular weight is 322 g/mol. The van der Waals surface area contributed by atoms with E-state index in [9.17, 15) is 14.3 Å². The van der Waals surface area contributed by atoms with E-state index in [4.69, 9.17) is 5.73 Å². The van der Waals surface area contributed by atoms with Gasteiger partial charge in [-0.2, -0.15) is 0 Å². The van der Waals surface area contributed by atoms with E-state index in [1.165, 1.54) is 12.1 Å². The summed E-state index contributed by atoms with van der Waals surface area (Å²) in [5.74, 6) is -0.232. The summed E-state index contributed by atoms with van der Waals surface area (Å²) < 4.78 is 13.2. The second-order valence-electron chi connectivity index (χ2n) is 7.43. The highest BCUT2D eigenvalue weighted by Crippen LogP contribution is 2.46. The quantitative estimate of drug-likeness (QED) is 0.813. The molecule has 0 radical (unpaired) electrons. The molecule has 0 aromatic heterocycles. The number of aldehydes is 1. The molecule has 1 aliphatic rings. The predicted molar refractivity (Wildman–Crippen MR) is 88.3 cm³/mol.